The Kier molecular flexibility index (Phi) is 4.42. The van der Waals surface area contributed by atoms with Gasteiger partial charge in [0.15, 0.2) is 0 Å². The molecule has 26 heavy (non-hydrogen) atoms. The van der Waals surface area contributed by atoms with Crippen molar-refractivity contribution >= 4 is 10.0 Å². The lowest BCUT2D eigenvalue weighted by Gasteiger charge is -2.51. The van der Waals surface area contributed by atoms with E-state index in [1.165, 1.54) is 22.5 Å². The maximum absolute atomic E-state index is 13.4. The van der Waals surface area contributed by atoms with Crippen LogP contribution in [-0.2, 0) is 14.8 Å². The zero-order valence-corrected chi connectivity index (χ0v) is 14.9. The van der Waals surface area contributed by atoms with E-state index in [2.05, 4.69) is 4.98 Å². The first-order valence-electron chi connectivity index (χ1n) is 8.44. The van der Waals surface area contributed by atoms with Crippen LogP contribution in [0.25, 0.3) is 0 Å². The number of halogens is 1. The van der Waals surface area contributed by atoms with Crippen LogP contribution in [0.3, 0.4) is 0 Å². The molecule has 1 atom stereocenters. The summed E-state index contributed by atoms with van der Waals surface area (Å²) in [5.41, 5.74) is -0.544. The molecule has 2 aliphatic heterocycles. The molecule has 1 aromatic heterocycles. The average molecular weight is 378 g/mol. The van der Waals surface area contributed by atoms with Crippen LogP contribution in [-0.4, -0.2) is 49.1 Å². The molecular formula is C18H19FN2O4S. The summed E-state index contributed by atoms with van der Waals surface area (Å²) in [4.78, 5) is 4.12. The average Bonchev–Trinajstić information content (AvgIpc) is 2.61. The molecule has 0 N–H and O–H groups in total. The highest BCUT2D eigenvalue weighted by Gasteiger charge is 2.52. The lowest BCUT2D eigenvalue weighted by molar-refractivity contribution is -0.165. The summed E-state index contributed by atoms with van der Waals surface area (Å²) in [6.45, 7) is 0.993. The first-order valence-corrected chi connectivity index (χ1v) is 9.88. The minimum absolute atomic E-state index is 0.0376. The normalized spacial score (nSPS) is 22.7. The van der Waals surface area contributed by atoms with Gasteiger partial charge in [-0.25, -0.2) is 17.8 Å². The van der Waals surface area contributed by atoms with Gasteiger partial charge in [0.1, 0.15) is 11.9 Å². The summed E-state index contributed by atoms with van der Waals surface area (Å²) in [5, 5.41) is 0. The van der Waals surface area contributed by atoms with Crippen molar-refractivity contribution in [1.29, 1.82) is 0 Å². The molecule has 2 saturated heterocycles. The lowest BCUT2D eigenvalue weighted by Crippen LogP contribution is -2.67. The fraction of sp³-hybridized carbons (Fsp3) is 0.389. The highest BCUT2D eigenvalue weighted by atomic mass is 32.2. The third kappa shape index (κ3) is 3.32. The predicted octanol–water partition coefficient (Wildman–Crippen LogP) is 2.22. The van der Waals surface area contributed by atoms with Crippen molar-refractivity contribution in [3.05, 3.63) is 54.5 Å². The third-order valence-corrected chi connectivity index (χ3v) is 6.52. The van der Waals surface area contributed by atoms with Gasteiger partial charge < -0.3 is 9.47 Å². The van der Waals surface area contributed by atoms with Crippen LogP contribution in [0.15, 0.2) is 53.6 Å². The monoisotopic (exact) mass is 378 g/mol. The Labute approximate surface area is 151 Å². The van der Waals surface area contributed by atoms with Crippen LogP contribution >= 0.6 is 0 Å². The molecule has 3 heterocycles. The van der Waals surface area contributed by atoms with Gasteiger partial charge in [-0.05, 0) is 24.3 Å². The SMILES string of the molecule is O=S(=O)(c1cccc(F)c1)N1CC2(C[C@@H](Oc3ccccn3)CCO2)C1. The van der Waals surface area contributed by atoms with Gasteiger partial charge in [0.25, 0.3) is 0 Å². The Morgan fingerprint density at radius 1 is 1.23 bits per heavy atom. The maximum atomic E-state index is 13.4. The minimum Gasteiger partial charge on any atom is -0.474 e. The van der Waals surface area contributed by atoms with Crippen molar-refractivity contribution in [1.82, 2.24) is 9.29 Å². The molecule has 0 amide bonds. The predicted molar refractivity (Wildman–Crippen MR) is 91.7 cm³/mol. The van der Waals surface area contributed by atoms with Gasteiger partial charge in [0.2, 0.25) is 15.9 Å². The fourth-order valence-corrected chi connectivity index (χ4v) is 5.05. The van der Waals surface area contributed by atoms with Crippen molar-refractivity contribution in [3.8, 4) is 5.88 Å². The zero-order chi connectivity index (χ0) is 18.2. The standard InChI is InChI=1S/C18H19FN2O4S/c19-14-4-3-5-16(10-14)26(22,23)21-12-18(13-21)11-15(7-9-24-18)25-17-6-1-2-8-20-17/h1-6,8,10,15H,7,9,11-13H2/t15-/m0/s1. The highest BCUT2D eigenvalue weighted by molar-refractivity contribution is 7.89. The van der Waals surface area contributed by atoms with Crippen molar-refractivity contribution in [2.24, 2.45) is 0 Å². The summed E-state index contributed by atoms with van der Waals surface area (Å²) in [7, 11) is -3.72. The van der Waals surface area contributed by atoms with E-state index in [0.717, 1.165) is 12.5 Å². The van der Waals surface area contributed by atoms with Crippen molar-refractivity contribution in [2.45, 2.75) is 29.4 Å². The molecule has 1 aromatic carbocycles. The Hall–Kier alpha value is -2.03. The summed E-state index contributed by atoms with van der Waals surface area (Å²) in [6, 6.07) is 10.5. The van der Waals surface area contributed by atoms with E-state index >= 15 is 0 Å². The van der Waals surface area contributed by atoms with Gasteiger partial charge in [-0.1, -0.05) is 12.1 Å². The number of nitrogens with zero attached hydrogens (tertiary/aromatic N) is 2. The number of ether oxygens (including phenoxy) is 2. The second kappa shape index (κ2) is 6.61. The smallest absolute Gasteiger partial charge is 0.243 e. The van der Waals surface area contributed by atoms with E-state index in [1.807, 2.05) is 12.1 Å². The fourth-order valence-electron chi connectivity index (χ4n) is 3.43. The third-order valence-electron chi connectivity index (χ3n) is 4.74. The molecule has 1 spiro atoms. The number of benzene rings is 1. The number of sulfonamides is 1. The van der Waals surface area contributed by atoms with E-state index < -0.39 is 21.4 Å². The second-order valence-electron chi connectivity index (χ2n) is 6.66. The summed E-state index contributed by atoms with van der Waals surface area (Å²) < 4.78 is 51.7. The van der Waals surface area contributed by atoms with Crippen LogP contribution in [0.2, 0.25) is 0 Å². The number of pyridine rings is 1. The van der Waals surface area contributed by atoms with Crippen molar-refractivity contribution in [2.75, 3.05) is 19.7 Å². The molecule has 2 aliphatic rings. The zero-order valence-electron chi connectivity index (χ0n) is 14.0. The Morgan fingerprint density at radius 2 is 2.08 bits per heavy atom. The molecule has 0 bridgehead atoms. The van der Waals surface area contributed by atoms with Gasteiger partial charge in [-0.3, -0.25) is 0 Å². The topological polar surface area (TPSA) is 68.7 Å². The Morgan fingerprint density at radius 3 is 2.81 bits per heavy atom. The molecule has 0 unspecified atom stereocenters. The minimum atomic E-state index is -3.72. The molecule has 2 aromatic rings. The summed E-state index contributed by atoms with van der Waals surface area (Å²) in [6.07, 6.45) is 2.92. The van der Waals surface area contributed by atoms with Crippen LogP contribution in [0.4, 0.5) is 4.39 Å². The lowest BCUT2D eigenvalue weighted by atomic mass is 9.86. The van der Waals surface area contributed by atoms with Gasteiger partial charge in [-0.15, -0.1) is 0 Å². The van der Waals surface area contributed by atoms with Crippen LogP contribution in [0, 0.1) is 5.82 Å². The van der Waals surface area contributed by atoms with Crippen LogP contribution in [0.5, 0.6) is 5.88 Å². The first kappa shape index (κ1) is 17.4. The van der Waals surface area contributed by atoms with Crippen LogP contribution < -0.4 is 4.74 Å². The summed E-state index contributed by atoms with van der Waals surface area (Å²) >= 11 is 0. The number of hydrogen-bond donors (Lipinski definition) is 0. The molecule has 0 aliphatic carbocycles. The van der Waals surface area contributed by atoms with E-state index in [4.69, 9.17) is 9.47 Å². The van der Waals surface area contributed by atoms with Crippen molar-refractivity contribution in [3.63, 3.8) is 0 Å². The summed E-state index contributed by atoms with van der Waals surface area (Å²) in [5.74, 6) is -0.0165. The molecule has 8 heteroatoms. The van der Waals surface area contributed by atoms with E-state index in [9.17, 15) is 12.8 Å². The first-order chi connectivity index (χ1) is 12.5. The van der Waals surface area contributed by atoms with Gasteiger partial charge in [0, 0.05) is 38.2 Å². The van der Waals surface area contributed by atoms with E-state index in [-0.39, 0.29) is 24.1 Å². The molecule has 6 nitrogen and oxygen atoms in total. The molecule has 0 saturated carbocycles. The Bertz CT molecular complexity index is 885. The van der Waals surface area contributed by atoms with Gasteiger partial charge >= 0.3 is 0 Å². The molecule has 138 valence electrons. The highest BCUT2D eigenvalue weighted by Crippen LogP contribution is 2.38. The van der Waals surface area contributed by atoms with Gasteiger partial charge in [-0.2, -0.15) is 4.31 Å². The van der Waals surface area contributed by atoms with E-state index in [1.54, 1.807) is 12.3 Å². The largest absolute Gasteiger partial charge is 0.474 e. The molecule has 2 fully saturated rings. The molecule has 4 rings (SSSR count). The van der Waals surface area contributed by atoms with Crippen LogP contribution in [0.1, 0.15) is 12.8 Å². The number of rotatable bonds is 4. The van der Waals surface area contributed by atoms with Crippen molar-refractivity contribution < 1.29 is 22.3 Å². The quantitative estimate of drug-likeness (QED) is 0.816. The van der Waals surface area contributed by atoms with E-state index in [0.29, 0.717) is 18.9 Å². The Balaban J connectivity index is 1.42. The number of aromatic nitrogens is 1. The maximum Gasteiger partial charge on any atom is 0.243 e. The molecular weight excluding hydrogens is 359 g/mol. The van der Waals surface area contributed by atoms with Gasteiger partial charge in [0.05, 0.1) is 17.1 Å². The second-order valence-corrected chi connectivity index (χ2v) is 8.60. The molecule has 0 radical (unpaired) electrons. The number of hydrogen-bond acceptors (Lipinski definition) is 5.